The third-order valence-corrected chi connectivity index (χ3v) is 3.58. The van der Waals surface area contributed by atoms with Gasteiger partial charge >= 0.3 is 0 Å². The van der Waals surface area contributed by atoms with Crippen molar-refractivity contribution in [2.75, 3.05) is 6.61 Å². The molecule has 0 unspecified atom stereocenters. The van der Waals surface area contributed by atoms with E-state index >= 15 is 0 Å². The van der Waals surface area contributed by atoms with E-state index in [1.807, 2.05) is 6.08 Å². The number of aromatic nitrogens is 1. The van der Waals surface area contributed by atoms with Crippen molar-refractivity contribution in [3.8, 4) is 5.75 Å². The summed E-state index contributed by atoms with van der Waals surface area (Å²) in [4.78, 5) is 15.7. The predicted molar refractivity (Wildman–Crippen MR) is 90.1 cm³/mol. The van der Waals surface area contributed by atoms with Gasteiger partial charge in [0, 0.05) is 28.6 Å². The average molecular weight is 348 g/mol. The first-order valence-corrected chi connectivity index (χ1v) is 7.45. The van der Waals surface area contributed by atoms with Gasteiger partial charge in [-0.05, 0) is 30.3 Å². The van der Waals surface area contributed by atoms with Gasteiger partial charge in [-0.25, -0.2) is 5.43 Å². The Balaban J connectivity index is 1.71. The second kappa shape index (κ2) is 6.81. The second-order valence-corrected chi connectivity index (χ2v) is 5.60. The number of nitrogens with one attached hydrogen (secondary N) is 1. The van der Waals surface area contributed by atoms with Gasteiger partial charge < -0.3 is 4.74 Å². The summed E-state index contributed by atoms with van der Waals surface area (Å²) in [5.41, 5.74) is 4.42. The van der Waals surface area contributed by atoms with Crippen molar-refractivity contribution < 1.29 is 9.53 Å². The fourth-order valence-electron chi connectivity index (χ4n) is 2.05. The van der Waals surface area contributed by atoms with E-state index in [0.717, 1.165) is 11.1 Å². The van der Waals surface area contributed by atoms with E-state index in [4.69, 9.17) is 27.9 Å². The molecule has 1 aliphatic rings. The Morgan fingerprint density at radius 3 is 3.04 bits per heavy atom. The first kappa shape index (κ1) is 15.5. The Hall–Kier alpha value is -2.37. The molecular formula is C16H11Cl2N3O2. The number of ether oxygens (including phenoxy) is 1. The minimum absolute atomic E-state index is 0.306. The number of nitrogens with zero attached hydrogens (tertiary/aromatic N) is 2. The predicted octanol–water partition coefficient (Wildman–Crippen LogP) is 3.58. The summed E-state index contributed by atoms with van der Waals surface area (Å²) in [5, 5.41) is 4.91. The normalized spacial score (nSPS) is 13.2. The molecule has 0 fully saturated rings. The zero-order valence-electron chi connectivity index (χ0n) is 11.8. The molecule has 0 saturated carbocycles. The first-order chi connectivity index (χ1) is 11.1. The lowest BCUT2D eigenvalue weighted by molar-refractivity contribution is 0.0954. The highest BCUT2D eigenvalue weighted by molar-refractivity contribution is 6.36. The minimum Gasteiger partial charge on any atom is -0.487 e. The molecule has 0 saturated heterocycles. The highest BCUT2D eigenvalue weighted by atomic mass is 35.5. The maximum Gasteiger partial charge on any atom is 0.272 e. The van der Waals surface area contributed by atoms with Gasteiger partial charge in [0.05, 0.1) is 16.8 Å². The van der Waals surface area contributed by atoms with Crippen LogP contribution in [0.25, 0.3) is 6.08 Å². The Kier molecular flexibility index (Phi) is 4.60. The van der Waals surface area contributed by atoms with Gasteiger partial charge in [-0.3, -0.25) is 9.78 Å². The molecule has 0 bridgehead atoms. The molecule has 23 heavy (non-hydrogen) atoms. The number of amides is 1. The molecule has 1 N–H and O–H groups in total. The van der Waals surface area contributed by atoms with E-state index in [1.54, 1.807) is 30.5 Å². The monoisotopic (exact) mass is 347 g/mol. The highest BCUT2D eigenvalue weighted by Gasteiger charge is 2.15. The van der Waals surface area contributed by atoms with Crippen molar-refractivity contribution in [3.63, 3.8) is 0 Å². The Morgan fingerprint density at radius 2 is 2.26 bits per heavy atom. The zero-order valence-corrected chi connectivity index (χ0v) is 13.3. The number of benzene rings is 1. The summed E-state index contributed by atoms with van der Waals surface area (Å²) in [6.45, 7) is 0.306. The van der Waals surface area contributed by atoms with E-state index in [2.05, 4.69) is 15.5 Å². The molecule has 0 atom stereocenters. The van der Waals surface area contributed by atoms with E-state index < -0.39 is 0 Å². The fourth-order valence-corrected chi connectivity index (χ4v) is 2.61. The van der Waals surface area contributed by atoms with E-state index in [9.17, 15) is 4.79 Å². The second-order valence-electron chi connectivity index (χ2n) is 4.75. The molecule has 1 amide bonds. The SMILES string of the molecule is O=C(NN=CC1=Cc2cc(Cl)cc(Cl)c2OC1)c1cccnc1. The van der Waals surface area contributed by atoms with Crippen LogP contribution in [0.4, 0.5) is 0 Å². The van der Waals surface area contributed by atoms with Crippen LogP contribution in [0, 0.1) is 0 Å². The zero-order chi connectivity index (χ0) is 16.2. The number of hydrogen-bond acceptors (Lipinski definition) is 4. The smallest absolute Gasteiger partial charge is 0.272 e. The van der Waals surface area contributed by atoms with Crippen molar-refractivity contribution >= 4 is 41.4 Å². The van der Waals surface area contributed by atoms with Crippen molar-refractivity contribution in [1.29, 1.82) is 0 Å². The van der Waals surface area contributed by atoms with E-state index in [1.165, 1.54) is 12.4 Å². The highest BCUT2D eigenvalue weighted by Crippen LogP contribution is 2.36. The molecule has 2 aromatic rings. The number of pyridine rings is 1. The summed E-state index contributed by atoms with van der Waals surface area (Å²) < 4.78 is 5.59. The molecule has 5 nitrogen and oxygen atoms in total. The van der Waals surface area contributed by atoms with Crippen LogP contribution in [-0.4, -0.2) is 23.7 Å². The number of hydrogen-bond donors (Lipinski definition) is 1. The number of rotatable bonds is 3. The third-order valence-electron chi connectivity index (χ3n) is 3.08. The summed E-state index contributed by atoms with van der Waals surface area (Å²) in [7, 11) is 0. The van der Waals surface area contributed by atoms with Gasteiger partial charge in [-0.15, -0.1) is 0 Å². The lowest BCUT2D eigenvalue weighted by Gasteiger charge is -2.17. The van der Waals surface area contributed by atoms with Crippen LogP contribution in [0.2, 0.25) is 10.0 Å². The molecule has 7 heteroatoms. The fraction of sp³-hybridized carbons (Fsp3) is 0.0625. The minimum atomic E-state index is -0.335. The van der Waals surface area contributed by atoms with Gasteiger partial charge in [0.15, 0.2) is 0 Å². The van der Waals surface area contributed by atoms with Crippen LogP contribution in [0.15, 0.2) is 47.3 Å². The van der Waals surface area contributed by atoms with Crippen molar-refractivity contribution in [2.24, 2.45) is 5.10 Å². The van der Waals surface area contributed by atoms with Gasteiger partial charge in [0.25, 0.3) is 5.91 Å². The van der Waals surface area contributed by atoms with E-state index in [0.29, 0.717) is 28.0 Å². The van der Waals surface area contributed by atoms with Gasteiger partial charge in [-0.1, -0.05) is 23.2 Å². The molecule has 2 heterocycles. The summed E-state index contributed by atoms with van der Waals surface area (Å²) in [6, 6.07) is 6.72. The number of halogens is 2. The number of fused-ring (bicyclic) bond motifs is 1. The molecule has 1 aromatic heterocycles. The van der Waals surface area contributed by atoms with Crippen LogP contribution in [0.3, 0.4) is 0 Å². The number of hydrazone groups is 1. The Labute approximate surface area is 142 Å². The van der Waals surface area contributed by atoms with Crippen LogP contribution < -0.4 is 10.2 Å². The molecule has 116 valence electrons. The molecule has 0 aliphatic carbocycles. The van der Waals surface area contributed by atoms with Crippen LogP contribution >= 0.6 is 23.2 Å². The van der Waals surface area contributed by atoms with Crippen LogP contribution in [0.5, 0.6) is 5.75 Å². The summed E-state index contributed by atoms with van der Waals surface area (Å²) >= 11 is 12.1. The van der Waals surface area contributed by atoms with Crippen molar-refractivity contribution in [3.05, 3.63) is 63.4 Å². The Morgan fingerprint density at radius 1 is 1.39 bits per heavy atom. The standard InChI is InChI=1S/C16H11Cl2N3O2/c17-13-5-12-4-10(9-23-15(12)14(18)6-13)7-20-21-16(22)11-2-1-3-19-8-11/h1-8H,9H2,(H,21,22). The van der Waals surface area contributed by atoms with Crippen LogP contribution in [0.1, 0.15) is 15.9 Å². The maximum absolute atomic E-state index is 11.8. The molecule has 0 radical (unpaired) electrons. The lowest BCUT2D eigenvalue weighted by Crippen LogP contribution is -2.18. The summed E-state index contributed by atoms with van der Waals surface area (Å²) in [5.74, 6) is 0.255. The lowest BCUT2D eigenvalue weighted by atomic mass is 10.1. The molecule has 1 aliphatic heterocycles. The number of carbonyl (C=O) groups is 1. The molecule has 0 spiro atoms. The Bertz CT molecular complexity index is 804. The van der Waals surface area contributed by atoms with Gasteiger partial charge in [0.2, 0.25) is 0 Å². The number of carbonyl (C=O) groups excluding carboxylic acids is 1. The molecular weight excluding hydrogens is 337 g/mol. The maximum atomic E-state index is 11.8. The first-order valence-electron chi connectivity index (χ1n) is 6.69. The molecule has 1 aromatic carbocycles. The van der Waals surface area contributed by atoms with Crippen molar-refractivity contribution in [2.45, 2.75) is 0 Å². The summed E-state index contributed by atoms with van der Waals surface area (Å²) in [6.07, 6.45) is 6.44. The van der Waals surface area contributed by atoms with Gasteiger partial charge in [0.1, 0.15) is 12.4 Å². The average Bonchev–Trinajstić information content (AvgIpc) is 2.55. The van der Waals surface area contributed by atoms with E-state index in [-0.39, 0.29) is 5.91 Å². The van der Waals surface area contributed by atoms with Crippen LogP contribution in [-0.2, 0) is 0 Å². The topological polar surface area (TPSA) is 63.6 Å². The quantitative estimate of drug-likeness (QED) is 0.681. The van der Waals surface area contributed by atoms with Gasteiger partial charge in [-0.2, -0.15) is 5.10 Å². The molecule has 3 rings (SSSR count). The van der Waals surface area contributed by atoms with Crippen molar-refractivity contribution in [1.82, 2.24) is 10.4 Å². The third kappa shape index (κ3) is 3.70. The largest absolute Gasteiger partial charge is 0.487 e.